The highest BCUT2D eigenvalue weighted by Crippen LogP contribution is 2.03. The lowest BCUT2D eigenvalue weighted by Crippen LogP contribution is -1.98. The molecule has 1 rings (SSSR count). The lowest BCUT2D eigenvalue weighted by atomic mass is 10.3. The smallest absolute Gasteiger partial charge is 0.0596 e. The van der Waals surface area contributed by atoms with Crippen LogP contribution in [0, 0.1) is 6.92 Å². The molecule has 0 aliphatic rings. The third-order valence-corrected chi connectivity index (χ3v) is 1.99. The molecule has 0 saturated carbocycles. The van der Waals surface area contributed by atoms with Crippen LogP contribution in [0.3, 0.4) is 0 Å². The molecule has 0 amide bonds. The maximum Gasteiger partial charge on any atom is 0.0596 e. The van der Waals surface area contributed by atoms with Gasteiger partial charge in [-0.05, 0) is 19.4 Å². The minimum atomic E-state index is 1.11. The molecule has 0 radical (unpaired) electrons. The summed E-state index contributed by atoms with van der Waals surface area (Å²) >= 11 is 2.38. The van der Waals surface area contributed by atoms with Crippen LogP contribution in [-0.4, -0.2) is 14.2 Å². The van der Waals surface area contributed by atoms with Crippen LogP contribution in [0.5, 0.6) is 0 Å². The van der Waals surface area contributed by atoms with Gasteiger partial charge in [-0.2, -0.15) is 5.10 Å². The van der Waals surface area contributed by atoms with Crippen molar-refractivity contribution in [1.29, 1.82) is 0 Å². The van der Waals surface area contributed by atoms with Gasteiger partial charge in [-0.1, -0.05) is 22.6 Å². The van der Waals surface area contributed by atoms with Crippen LogP contribution >= 0.6 is 22.6 Å². The quantitative estimate of drug-likeness (QED) is 0.577. The maximum absolute atomic E-state index is 4.24. The van der Waals surface area contributed by atoms with Gasteiger partial charge in [-0.3, -0.25) is 4.68 Å². The summed E-state index contributed by atoms with van der Waals surface area (Å²) in [5.74, 6) is 0. The highest BCUT2D eigenvalue weighted by Gasteiger charge is 1.98. The second-order valence-electron chi connectivity index (χ2n) is 2.34. The minimum absolute atomic E-state index is 1.11. The molecule has 0 aliphatic heterocycles. The van der Waals surface area contributed by atoms with E-state index in [1.807, 2.05) is 18.7 Å². The van der Waals surface area contributed by atoms with Gasteiger partial charge in [0.05, 0.1) is 5.69 Å². The highest BCUT2D eigenvalue weighted by molar-refractivity contribution is 14.1. The molecule has 10 heavy (non-hydrogen) atoms. The molecule has 1 aromatic rings. The van der Waals surface area contributed by atoms with Crippen molar-refractivity contribution in [3.05, 3.63) is 17.5 Å². The maximum atomic E-state index is 4.24. The number of hydrogen-bond acceptors (Lipinski definition) is 1. The summed E-state index contributed by atoms with van der Waals surface area (Å²) in [6, 6.07) is 2.14. The van der Waals surface area contributed by atoms with E-state index in [1.54, 1.807) is 0 Å². The van der Waals surface area contributed by atoms with Gasteiger partial charge in [0.15, 0.2) is 0 Å². The van der Waals surface area contributed by atoms with E-state index in [2.05, 4.69) is 33.8 Å². The summed E-state index contributed by atoms with van der Waals surface area (Å²) in [5.41, 5.74) is 2.44. The molecule has 1 heterocycles. The lowest BCUT2D eigenvalue weighted by molar-refractivity contribution is 0.714. The molecule has 0 bridgehead atoms. The molecule has 1 aromatic heterocycles. The molecule has 0 fully saturated rings. The molecule has 3 heteroatoms. The minimum Gasteiger partial charge on any atom is -0.272 e. The Bertz CT molecular complexity index is 217. The van der Waals surface area contributed by atoms with E-state index in [0.717, 1.165) is 16.5 Å². The number of halogens is 1. The van der Waals surface area contributed by atoms with Gasteiger partial charge in [-0.25, -0.2) is 0 Å². The molecule has 0 aromatic carbocycles. The first-order valence-corrected chi connectivity index (χ1v) is 4.82. The van der Waals surface area contributed by atoms with Crippen molar-refractivity contribution >= 4 is 22.6 Å². The Morgan fingerprint density at radius 3 is 2.80 bits per heavy atom. The Hall–Kier alpha value is -0.0600. The van der Waals surface area contributed by atoms with Gasteiger partial charge in [0.25, 0.3) is 0 Å². The van der Waals surface area contributed by atoms with E-state index in [9.17, 15) is 0 Å². The predicted octanol–water partition coefficient (Wildman–Crippen LogP) is 1.71. The van der Waals surface area contributed by atoms with Gasteiger partial charge < -0.3 is 0 Å². The Kier molecular flexibility index (Phi) is 2.71. The Balaban J connectivity index is 2.81. The summed E-state index contributed by atoms with van der Waals surface area (Å²) in [4.78, 5) is 0. The Morgan fingerprint density at radius 2 is 2.40 bits per heavy atom. The molecular formula is C7H11IN2. The average molecular weight is 250 g/mol. The zero-order valence-electron chi connectivity index (χ0n) is 6.26. The van der Waals surface area contributed by atoms with Crippen molar-refractivity contribution in [3.63, 3.8) is 0 Å². The van der Waals surface area contributed by atoms with E-state index in [4.69, 9.17) is 0 Å². The Labute approximate surface area is 74.8 Å². The highest BCUT2D eigenvalue weighted by atomic mass is 127. The van der Waals surface area contributed by atoms with E-state index >= 15 is 0 Å². The first kappa shape index (κ1) is 8.04. The van der Waals surface area contributed by atoms with Crippen LogP contribution in [0.4, 0.5) is 0 Å². The van der Waals surface area contributed by atoms with Gasteiger partial charge in [0, 0.05) is 17.2 Å². The molecule has 56 valence electrons. The molecule has 0 unspecified atom stereocenters. The summed E-state index contributed by atoms with van der Waals surface area (Å²) < 4.78 is 3.12. The first-order valence-electron chi connectivity index (χ1n) is 3.29. The second kappa shape index (κ2) is 3.37. The fourth-order valence-electron chi connectivity index (χ4n) is 0.995. The van der Waals surface area contributed by atoms with Crippen molar-refractivity contribution in [2.45, 2.75) is 13.3 Å². The first-order chi connectivity index (χ1) is 4.74. The monoisotopic (exact) mass is 250 g/mol. The Morgan fingerprint density at radius 1 is 1.70 bits per heavy atom. The normalized spacial score (nSPS) is 10.3. The second-order valence-corrected chi connectivity index (χ2v) is 3.42. The summed E-state index contributed by atoms with van der Waals surface area (Å²) in [7, 11) is 1.99. The van der Waals surface area contributed by atoms with Crippen LogP contribution in [0.2, 0.25) is 0 Å². The fourth-order valence-corrected chi connectivity index (χ4v) is 1.55. The topological polar surface area (TPSA) is 17.8 Å². The zero-order chi connectivity index (χ0) is 7.56. The van der Waals surface area contributed by atoms with E-state index in [1.165, 1.54) is 5.69 Å². The molecule has 2 nitrogen and oxygen atoms in total. The van der Waals surface area contributed by atoms with Crippen LogP contribution in [-0.2, 0) is 13.5 Å². The number of rotatable bonds is 2. The standard InChI is InChI=1S/C7H11IN2/c1-6-5-7(3-4-8)10(2)9-6/h5H,3-4H2,1-2H3. The van der Waals surface area contributed by atoms with Crippen LogP contribution in [0.25, 0.3) is 0 Å². The predicted molar refractivity (Wildman–Crippen MR) is 50.5 cm³/mol. The van der Waals surface area contributed by atoms with Crippen LogP contribution in [0.15, 0.2) is 6.07 Å². The summed E-state index contributed by atoms with van der Waals surface area (Å²) in [6.45, 7) is 2.02. The third-order valence-electron chi connectivity index (χ3n) is 1.45. The molecule has 0 aliphatic carbocycles. The number of hydrogen-bond donors (Lipinski definition) is 0. The van der Waals surface area contributed by atoms with Crippen molar-refractivity contribution in [2.75, 3.05) is 4.43 Å². The molecule has 0 saturated heterocycles. The van der Waals surface area contributed by atoms with Gasteiger partial charge in [0.1, 0.15) is 0 Å². The molecule has 0 spiro atoms. The molecule has 0 atom stereocenters. The van der Waals surface area contributed by atoms with Crippen molar-refractivity contribution < 1.29 is 0 Å². The van der Waals surface area contributed by atoms with Gasteiger partial charge in [0.2, 0.25) is 0 Å². The van der Waals surface area contributed by atoms with E-state index in [-0.39, 0.29) is 0 Å². The van der Waals surface area contributed by atoms with Crippen LogP contribution in [0.1, 0.15) is 11.4 Å². The molecular weight excluding hydrogens is 239 g/mol. The zero-order valence-corrected chi connectivity index (χ0v) is 8.42. The SMILES string of the molecule is Cc1cc(CCI)n(C)n1. The number of aromatic nitrogens is 2. The third kappa shape index (κ3) is 1.71. The fraction of sp³-hybridized carbons (Fsp3) is 0.571. The van der Waals surface area contributed by atoms with Crippen molar-refractivity contribution in [1.82, 2.24) is 9.78 Å². The van der Waals surface area contributed by atoms with E-state index < -0.39 is 0 Å². The van der Waals surface area contributed by atoms with Gasteiger partial charge >= 0.3 is 0 Å². The van der Waals surface area contributed by atoms with Crippen molar-refractivity contribution in [3.8, 4) is 0 Å². The summed E-state index contributed by atoms with van der Waals surface area (Å²) in [5, 5.41) is 4.24. The van der Waals surface area contributed by atoms with Crippen LogP contribution < -0.4 is 0 Å². The number of aryl methyl sites for hydroxylation is 3. The van der Waals surface area contributed by atoms with Gasteiger partial charge in [-0.15, -0.1) is 0 Å². The summed E-state index contributed by atoms with van der Waals surface area (Å²) in [6.07, 6.45) is 1.12. The largest absolute Gasteiger partial charge is 0.272 e. The average Bonchev–Trinajstić information content (AvgIpc) is 2.13. The number of alkyl halides is 1. The van der Waals surface area contributed by atoms with Crippen molar-refractivity contribution in [2.24, 2.45) is 7.05 Å². The number of nitrogens with zero attached hydrogens (tertiary/aromatic N) is 2. The lowest BCUT2D eigenvalue weighted by Gasteiger charge is -1.95. The molecule has 0 N–H and O–H groups in total. The van der Waals surface area contributed by atoms with E-state index in [0.29, 0.717) is 0 Å².